The number of amides is 2. The smallest absolute Gasteiger partial charge is 0.270 e. The number of carbonyl (C=O) groups is 2. The summed E-state index contributed by atoms with van der Waals surface area (Å²) >= 11 is 0. The number of hydrogen-bond acceptors (Lipinski definition) is 5. The van der Waals surface area contributed by atoms with Gasteiger partial charge in [0.2, 0.25) is 11.9 Å². The van der Waals surface area contributed by atoms with E-state index in [1.807, 2.05) is 0 Å². The lowest BCUT2D eigenvalue weighted by Gasteiger charge is -2.29. The topological polar surface area (TPSA) is 110 Å². The van der Waals surface area contributed by atoms with E-state index in [9.17, 15) is 18.4 Å². The van der Waals surface area contributed by atoms with Crippen LogP contribution in [0.25, 0.3) is 0 Å². The van der Waals surface area contributed by atoms with Crippen molar-refractivity contribution in [1.29, 1.82) is 0 Å². The van der Waals surface area contributed by atoms with E-state index < -0.39 is 36.4 Å². The average Bonchev–Trinajstić information content (AvgIpc) is 3.47. The minimum atomic E-state index is -0.790. The van der Waals surface area contributed by atoms with Gasteiger partial charge in [0.15, 0.2) is 0 Å². The summed E-state index contributed by atoms with van der Waals surface area (Å²) in [6.07, 6.45) is 4.03. The molecule has 1 aromatic heterocycles. The third-order valence-corrected chi connectivity index (χ3v) is 4.82. The molecule has 0 spiro atoms. The molecule has 0 aromatic carbocycles. The van der Waals surface area contributed by atoms with Crippen LogP contribution in [0.15, 0.2) is 29.6 Å². The van der Waals surface area contributed by atoms with Gasteiger partial charge in [0, 0.05) is 29.6 Å². The van der Waals surface area contributed by atoms with E-state index in [-0.39, 0.29) is 23.5 Å². The second-order valence-corrected chi connectivity index (χ2v) is 7.22. The van der Waals surface area contributed by atoms with Gasteiger partial charge < -0.3 is 11.1 Å². The fourth-order valence-electron chi connectivity index (χ4n) is 3.07. The summed E-state index contributed by atoms with van der Waals surface area (Å²) in [4.78, 5) is 32.7. The first-order valence-corrected chi connectivity index (χ1v) is 9.16. The molecule has 1 saturated carbocycles. The lowest BCUT2D eigenvalue weighted by Crippen LogP contribution is -2.44. The third-order valence-electron chi connectivity index (χ3n) is 4.82. The van der Waals surface area contributed by atoms with Gasteiger partial charge in [-0.05, 0) is 50.5 Å². The Kier molecular flexibility index (Phi) is 5.83. The largest absolute Gasteiger partial charge is 0.344 e. The maximum Gasteiger partial charge on any atom is 0.270 e. The predicted octanol–water partition coefficient (Wildman–Crippen LogP) is 1.96. The van der Waals surface area contributed by atoms with Crippen LogP contribution in [-0.2, 0) is 4.79 Å². The normalized spacial score (nSPS) is 22.8. The molecule has 1 fully saturated rings. The summed E-state index contributed by atoms with van der Waals surface area (Å²) in [6, 6.07) is 0.116. The summed E-state index contributed by atoms with van der Waals surface area (Å²) in [5.74, 6) is -2.00. The molecule has 3 rings (SSSR count). The van der Waals surface area contributed by atoms with E-state index in [0.29, 0.717) is 11.3 Å². The van der Waals surface area contributed by atoms with E-state index in [0.717, 1.165) is 18.9 Å². The van der Waals surface area contributed by atoms with Crippen LogP contribution in [0.3, 0.4) is 0 Å². The first kappa shape index (κ1) is 20.1. The number of allylic oxidation sites excluding steroid dienone is 2. The monoisotopic (exact) mass is 391 g/mol. The fourth-order valence-corrected chi connectivity index (χ4v) is 3.07. The second-order valence-electron chi connectivity index (χ2n) is 7.22. The van der Waals surface area contributed by atoms with Gasteiger partial charge in [-0.25, -0.2) is 14.4 Å². The highest BCUT2D eigenvalue weighted by molar-refractivity contribution is 5.95. The number of rotatable bonds is 6. The Morgan fingerprint density at radius 3 is 2.71 bits per heavy atom. The van der Waals surface area contributed by atoms with Gasteiger partial charge in [-0.1, -0.05) is 0 Å². The quantitative estimate of drug-likeness (QED) is 0.687. The molecule has 1 heterocycles. The Labute approximate surface area is 161 Å². The van der Waals surface area contributed by atoms with Crippen molar-refractivity contribution < 1.29 is 18.4 Å². The molecule has 2 aliphatic rings. The Morgan fingerprint density at radius 1 is 1.36 bits per heavy atom. The van der Waals surface area contributed by atoms with Crippen LogP contribution >= 0.6 is 0 Å². The van der Waals surface area contributed by atoms with Crippen molar-refractivity contribution in [2.75, 3.05) is 12.0 Å². The van der Waals surface area contributed by atoms with Crippen LogP contribution in [0.5, 0.6) is 0 Å². The van der Waals surface area contributed by atoms with Gasteiger partial charge in [-0.15, -0.1) is 0 Å². The second kappa shape index (κ2) is 8.14. The zero-order chi connectivity index (χ0) is 20.4. The van der Waals surface area contributed by atoms with Gasteiger partial charge in [-0.2, -0.15) is 0 Å². The summed E-state index contributed by atoms with van der Waals surface area (Å²) in [5, 5.41) is 5.31. The number of alkyl halides is 1. The van der Waals surface area contributed by atoms with Crippen LogP contribution in [0.2, 0.25) is 0 Å². The molecule has 7 nitrogen and oxygen atoms in total. The van der Waals surface area contributed by atoms with Gasteiger partial charge in [0.1, 0.15) is 11.5 Å². The molecule has 1 aromatic rings. The zero-order valence-corrected chi connectivity index (χ0v) is 15.7. The Hall–Kier alpha value is -2.68. The van der Waals surface area contributed by atoms with Crippen molar-refractivity contribution in [3.8, 4) is 0 Å². The number of carbonyl (C=O) groups excluding carboxylic acids is 2. The number of aryl methyl sites for hydroxylation is 1. The van der Waals surface area contributed by atoms with Crippen molar-refractivity contribution in [3.63, 3.8) is 0 Å². The van der Waals surface area contributed by atoms with Crippen molar-refractivity contribution in [2.24, 2.45) is 17.6 Å². The van der Waals surface area contributed by atoms with E-state index >= 15 is 0 Å². The number of anilines is 1. The Bertz CT molecular complexity index is 851. The fraction of sp³-hybridized carbons (Fsp3) is 0.474. The van der Waals surface area contributed by atoms with Crippen molar-refractivity contribution >= 4 is 17.8 Å². The number of hydrogen-bond donors (Lipinski definition) is 3. The lowest BCUT2D eigenvalue weighted by atomic mass is 9.86. The van der Waals surface area contributed by atoms with Crippen molar-refractivity contribution in [2.45, 2.75) is 38.8 Å². The van der Waals surface area contributed by atoms with Gasteiger partial charge in [0.25, 0.3) is 5.91 Å². The number of nitrogens with two attached hydrogens (primary N) is 1. The van der Waals surface area contributed by atoms with Gasteiger partial charge >= 0.3 is 0 Å². The van der Waals surface area contributed by atoms with Gasteiger partial charge in [0.05, 0.1) is 6.67 Å². The molecule has 9 heteroatoms. The van der Waals surface area contributed by atoms with Crippen molar-refractivity contribution in [1.82, 2.24) is 15.3 Å². The van der Waals surface area contributed by atoms with Gasteiger partial charge in [-0.3, -0.25) is 19.3 Å². The maximum atomic E-state index is 13.8. The first-order valence-electron chi connectivity index (χ1n) is 9.16. The molecule has 0 bridgehead atoms. The third kappa shape index (κ3) is 4.59. The Morgan fingerprint density at radius 2 is 2.07 bits per heavy atom. The van der Waals surface area contributed by atoms with Crippen LogP contribution in [0, 0.1) is 18.8 Å². The molecule has 4 N–H and O–H groups in total. The molecule has 0 aliphatic heterocycles. The standard InChI is InChI=1S/C19H23F2N5O2/c1-9-5-15(25-19(23-9)26-17(27)11-3-4-11)18(28)24-10(2)14-7-13(21)6-12(8-20)16(14)22/h5-7,10-12,16H,3-4,8,22H2,1-2H3,(H,24,28)(H,23,25,26,27). The summed E-state index contributed by atoms with van der Waals surface area (Å²) in [6.45, 7) is 2.53. The van der Waals surface area contributed by atoms with Crippen LogP contribution < -0.4 is 16.4 Å². The maximum absolute atomic E-state index is 13.8. The van der Waals surface area contributed by atoms with E-state index in [4.69, 9.17) is 5.73 Å². The average molecular weight is 391 g/mol. The van der Waals surface area contributed by atoms with Crippen LogP contribution in [-0.4, -0.2) is 40.5 Å². The number of nitrogens with zero attached hydrogens (tertiary/aromatic N) is 2. The Balaban J connectivity index is 1.72. The molecule has 150 valence electrons. The van der Waals surface area contributed by atoms with E-state index in [1.165, 1.54) is 12.1 Å². The lowest BCUT2D eigenvalue weighted by molar-refractivity contribution is -0.117. The molecule has 0 radical (unpaired) electrons. The molecule has 0 saturated heterocycles. The minimum Gasteiger partial charge on any atom is -0.344 e. The highest BCUT2D eigenvalue weighted by Gasteiger charge is 2.31. The molecule has 28 heavy (non-hydrogen) atoms. The van der Waals surface area contributed by atoms with Crippen molar-refractivity contribution in [3.05, 3.63) is 41.0 Å². The number of nitrogens with one attached hydrogen (secondary N) is 2. The molecule has 2 aliphatic carbocycles. The van der Waals surface area contributed by atoms with Crippen LogP contribution in [0.4, 0.5) is 14.7 Å². The first-order chi connectivity index (χ1) is 13.3. The summed E-state index contributed by atoms with van der Waals surface area (Å²) < 4.78 is 26.8. The summed E-state index contributed by atoms with van der Waals surface area (Å²) in [5.41, 5.74) is 6.97. The predicted molar refractivity (Wildman–Crippen MR) is 99.8 cm³/mol. The van der Waals surface area contributed by atoms with E-state index in [2.05, 4.69) is 20.6 Å². The number of halogens is 2. The summed E-state index contributed by atoms with van der Waals surface area (Å²) in [7, 11) is 0. The highest BCUT2D eigenvalue weighted by atomic mass is 19.1. The highest BCUT2D eigenvalue weighted by Crippen LogP contribution is 2.30. The molecular formula is C19H23F2N5O2. The zero-order valence-electron chi connectivity index (χ0n) is 15.7. The molecule has 3 unspecified atom stereocenters. The molecule has 2 amide bonds. The molecular weight excluding hydrogens is 368 g/mol. The van der Waals surface area contributed by atoms with E-state index in [1.54, 1.807) is 13.8 Å². The minimum absolute atomic E-state index is 0.0208. The number of aromatic nitrogens is 2. The molecule has 3 atom stereocenters. The SMILES string of the molecule is Cc1cc(C(=O)NC(C)C2=CC(F)=CC(CF)C2N)nc(NC(=O)C2CC2)n1. The van der Waals surface area contributed by atoms with Crippen LogP contribution in [0.1, 0.15) is 35.9 Å².